The Balaban J connectivity index is 1.50. The van der Waals surface area contributed by atoms with Crippen LogP contribution in [-0.2, 0) is 11.3 Å². The van der Waals surface area contributed by atoms with E-state index in [4.69, 9.17) is 4.74 Å². The van der Waals surface area contributed by atoms with E-state index in [1.165, 1.54) is 11.8 Å². The lowest BCUT2D eigenvalue weighted by molar-refractivity contribution is -0.115. The van der Waals surface area contributed by atoms with E-state index >= 15 is 0 Å². The van der Waals surface area contributed by atoms with Crippen molar-refractivity contribution in [2.45, 2.75) is 30.8 Å². The van der Waals surface area contributed by atoms with Gasteiger partial charge < -0.3 is 15.4 Å². The molecule has 0 aliphatic rings. The van der Waals surface area contributed by atoms with Gasteiger partial charge in [0.1, 0.15) is 5.75 Å². The number of thioether (sulfide) groups is 1. The van der Waals surface area contributed by atoms with Crippen molar-refractivity contribution in [2.24, 2.45) is 0 Å². The third-order valence-corrected chi connectivity index (χ3v) is 6.07. The van der Waals surface area contributed by atoms with Gasteiger partial charge in [0.05, 0.1) is 18.4 Å². The largest absolute Gasteiger partial charge is 0.494 e. The van der Waals surface area contributed by atoms with Crippen LogP contribution in [-0.4, -0.2) is 32.5 Å². The van der Waals surface area contributed by atoms with Gasteiger partial charge in [-0.15, -0.1) is 10.2 Å². The highest BCUT2D eigenvalue weighted by atomic mass is 32.2. The molecule has 2 N–H and O–H groups in total. The number of amides is 1. The van der Waals surface area contributed by atoms with Crippen molar-refractivity contribution in [1.82, 2.24) is 14.8 Å². The molecule has 0 radical (unpaired) electrons. The van der Waals surface area contributed by atoms with Gasteiger partial charge in [0, 0.05) is 17.1 Å². The zero-order valence-electron chi connectivity index (χ0n) is 19.1. The molecule has 0 bridgehead atoms. The van der Waals surface area contributed by atoms with Gasteiger partial charge in [-0.3, -0.25) is 9.36 Å². The molecule has 0 aliphatic carbocycles. The number of anilines is 2. The molecular formula is C26H27N5O2S. The summed E-state index contributed by atoms with van der Waals surface area (Å²) in [7, 11) is 0. The zero-order chi connectivity index (χ0) is 23.8. The van der Waals surface area contributed by atoms with Crippen LogP contribution in [0.4, 0.5) is 11.4 Å². The molecule has 0 fully saturated rings. The van der Waals surface area contributed by atoms with Crippen LogP contribution in [0.2, 0.25) is 0 Å². The van der Waals surface area contributed by atoms with Crippen molar-refractivity contribution >= 4 is 29.0 Å². The standard InChI is InChI=1S/C26H27N5O2S/c1-3-33-23-16-14-20(15-17-23)27-18-24-29-30-26(31(24)22-12-8-5-9-13-22)34-19(2)25(32)28-21-10-6-4-7-11-21/h4-17,19,27H,3,18H2,1-2H3,(H,28,32)/t19-/m0/s1. The highest BCUT2D eigenvalue weighted by Gasteiger charge is 2.21. The van der Waals surface area contributed by atoms with Crippen molar-refractivity contribution in [3.8, 4) is 11.4 Å². The number of hydrogen-bond donors (Lipinski definition) is 2. The van der Waals surface area contributed by atoms with E-state index < -0.39 is 0 Å². The van der Waals surface area contributed by atoms with Crippen LogP contribution >= 0.6 is 11.8 Å². The van der Waals surface area contributed by atoms with Gasteiger partial charge in [0.25, 0.3) is 0 Å². The molecule has 1 atom stereocenters. The number of nitrogens with one attached hydrogen (secondary N) is 2. The second-order valence-electron chi connectivity index (χ2n) is 7.50. The van der Waals surface area contributed by atoms with Crippen LogP contribution in [0, 0.1) is 0 Å². The van der Waals surface area contributed by atoms with Gasteiger partial charge in [0.15, 0.2) is 11.0 Å². The Morgan fingerprint density at radius 2 is 1.62 bits per heavy atom. The molecule has 7 nitrogen and oxygen atoms in total. The average Bonchev–Trinajstić information content (AvgIpc) is 3.27. The fraction of sp³-hybridized carbons (Fsp3) is 0.192. The molecule has 8 heteroatoms. The van der Waals surface area contributed by atoms with Gasteiger partial charge in [-0.25, -0.2) is 0 Å². The predicted octanol–water partition coefficient (Wildman–Crippen LogP) is 5.40. The molecule has 3 aromatic carbocycles. The van der Waals surface area contributed by atoms with Crippen molar-refractivity contribution in [3.63, 3.8) is 0 Å². The van der Waals surface area contributed by atoms with Gasteiger partial charge in [-0.05, 0) is 62.4 Å². The first-order valence-corrected chi connectivity index (χ1v) is 12.0. The second kappa shape index (κ2) is 11.4. The summed E-state index contributed by atoms with van der Waals surface area (Å²) in [6.07, 6.45) is 0. The molecule has 0 spiro atoms. The summed E-state index contributed by atoms with van der Waals surface area (Å²) in [6.45, 7) is 4.94. The number of ether oxygens (including phenoxy) is 1. The van der Waals surface area contributed by atoms with E-state index in [1.54, 1.807) is 0 Å². The Kier molecular flexibility index (Phi) is 7.83. The van der Waals surface area contributed by atoms with Gasteiger partial charge in [-0.1, -0.05) is 48.2 Å². The Morgan fingerprint density at radius 3 is 2.29 bits per heavy atom. The van der Waals surface area contributed by atoms with E-state index in [0.717, 1.165) is 28.6 Å². The normalized spacial score (nSPS) is 11.6. The number of carbonyl (C=O) groups excluding carboxylic acids is 1. The maximum atomic E-state index is 12.7. The fourth-order valence-corrected chi connectivity index (χ4v) is 4.21. The highest BCUT2D eigenvalue weighted by molar-refractivity contribution is 8.00. The third-order valence-electron chi connectivity index (χ3n) is 5.02. The van der Waals surface area contributed by atoms with Crippen molar-refractivity contribution < 1.29 is 9.53 Å². The van der Waals surface area contributed by atoms with E-state index in [0.29, 0.717) is 18.3 Å². The second-order valence-corrected chi connectivity index (χ2v) is 8.80. The predicted molar refractivity (Wildman–Crippen MR) is 137 cm³/mol. The molecule has 34 heavy (non-hydrogen) atoms. The Bertz CT molecular complexity index is 1200. The number of rotatable bonds is 10. The van der Waals surface area contributed by atoms with Crippen LogP contribution in [0.25, 0.3) is 5.69 Å². The van der Waals surface area contributed by atoms with E-state index in [1.807, 2.05) is 103 Å². The molecule has 1 aromatic heterocycles. The average molecular weight is 474 g/mol. The SMILES string of the molecule is CCOc1ccc(NCc2nnc(S[C@@H](C)C(=O)Nc3ccccc3)n2-c2ccccc2)cc1. The van der Waals surface area contributed by atoms with Gasteiger partial charge in [-0.2, -0.15) is 0 Å². The summed E-state index contributed by atoms with van der Waals surface area (Å²) in [5.74, 6) is 1.49. The summed E-state index contributed by atoms with van der Waals surface area (Å²) in [6, 6.07) is 27.2. The molecular weight excluding hydrogens is 446 g/mol. The molecule has 0 saturated heterocycles. The summed E-state index contributed by atoms with van der Waals surface area (Å²) >= 11 is 1.38. The molecule has 0 saturated carbocycles. The maximum absolute atomic E-state index is 12.7. The Hall–Kier alpha value is -3.78. The number of benzene rings is 3. The first-order chi connectivity index (χ1) is 16.6. The first kappa shape index (κ1) is 23.4. The van der Waals surface area contributed by atoms with Crippen LogP contribution in [0.3, 0.4) is 0 Å². The monoisotopic (exact) mass is 473 g/mol. The summed E-state index contributed by atoms with van der Waals surface area (Å²) in [4.78, 5) is 12.7. The first-order valence-electron chi connectivity index (χ1n) is 11.1. The minimum absolute atomic E-state index is 0.0899. The Labute approximate surface area is 203 Å². The lowest BCUT2D eigenvalue weighted by Gasteiger charge is -2.14. The lowest BCUT2D eigenvalue weighted by atomic mass is 10.3. The van der Waals surface area contributed by atoms with Crippen LogP contribution < -0.4 is 15.4 Å². The zero-order valence-corrected chi connectivity index (χ0v) is 20.0. The molecule has 4 aromatic rings. The van der Waals surface area contributed by atoms with Crippen LogP contribution in [0.15, 0.2) is 90.1 Å². The lowest BCUT2D eigenvalue weighted by Crippen LogP contribution is -2.23. The number of para-hydroxylation sites is 2. The number of nitrogens with zero attached hydrogens (tertiary/aromatic N) is 3. The van der Waals surface area contributed by atoms with Crippen LogP contribution in [0.1, 0.15) is 19.7 Å². The number of carbonyl (C=O) groups is 1. The smallest absolute Gasteiger partial charge is 0.237 e. The van der Waals surface area contributed by atoms with Crippen molar-refractivity contribution in [2.75, 3.05) is 17.2 Å². The Morgan fingerprint density at radius 1 is 0.941 bits per heavy atom. The van der Waals surface area contributed by atoms with Crippen molar-refractivity contribution in [3.05, 3.63) is 90.8 Å². The summed E-state index contributed by atoms with van der Waals surface area (Å²) in [5.41, 5.74) is 2.66. The van der Waals surface area contributed by atoms with E-state index in [9.17, 15) is 4.79 Å². The van der Waals surface area contributed by atoms with Gasteiger partial charge in [0.2, 0.25) is 5.91 Å². The van der Waals surface area contributed by atoms with Crippen molar-refractivity contribution in [1.29, 1.82) is 0 Å². The number of aromatic nitrogens is 3. The molecule has 1 heterocycles. The van der Waals surface area contributed by atoms with Crippen LogP contribution in [0.5, 0.6) is 5.75 Å². The summed E-state index contributed by atoms with van der Waals surface area (Å²) in [5, 5.41) is 15.5. The molecule has 1 amide bonds. The third kappa shape index (κ3) is 5.96. The molecule has 0 unspecified atom stereocenters. The molecule has 0 aliphatic heterocycles. The molecule has 4 rings (SSSR count). The minimum Gasteiger partial charge on any atom is -0.494 e. The van der Waals surface area contributed by atoms with E-state index in [-0.39, 0.29) is 11.2 Å². The minimum atomic E-state index is -0.362. The van der Waals surface area contributed by atoms with Gasteiger partial charge >= 0.3 is 0 Å². The quantitative estimate of drug-likeness (QED) is 0.300. The fourth-order valence-electron chi connectivity index (χ4n) is 3.32. The molecule has 174 valence electrons. The van der Waals surface area contributed by atoms with E-state index in [2.05, 4.69) is 20.8 Å². The topological polar surface area (TPSA) is 81.1 Å². The number of hydrogen-bond acceptors (Lipinski definition) is 6. The summed E-state index contributed by atoms with van der Waals surface area (Å²) < 4.78 is 7.49. The highest BCUT2D eigenvalue weighted by Crippen LogP contribution is 2.27. The maximum Gasteiger partial charge on any atom is 0.237 e.